The molecule has 0 bridgehead atoms. The maximum atomic E-state index is 14.1. The number of carbonyl (C=O) groups excluding carboxylic acids is 2. The van der Waals surface area contributed by atoms with Crippen LogP contribution in [0.4, 0.5) is 10.5 Å². The third-order valence-corrected chi connectivity index (χ3v) is 6.07. The number of benzene rings is 2. The molecule has 0 fully saturated rings. The van der Waals surface area contributed by atoms with Crippen molar-refractivity contribution in [2.75, 3.05) is 11.4 Å². The van der Waals surface area contributed by atoms with Crippen molar-refractivity contribution in [3.8, 4) is 0 Å². The number of anilines is 1. The summed E-state index contributed by atoms with van der Waals surface area (Å²) in [7, 11) is 1.85. The third-order valence-electron chi connectivity index (χ3n) is 5.83. The summed E-state index contributed by atoms with van der Waals surface area (Å²) in [6.07, 6.45) is 0.833. The number of imide groups is 1. The van der Waals surface area contributed by atoms with Crippen LogP contribution in [0.5, 0.6) is 0 Å². The molecule has 9 heteroatoms. The van der Waals surface area contributed by atoms with Gasteiger partial charge in [0.2, 0.25) is 6.54 Å². The quantitative estimate of drug-likeness (QED) is 0.393. The molecule has 8 nitrogen and oxygen atoms in total. The van der Waals surface area contributed by atoms with Gasteiger partial charge < -0.3 is 9.30 Å². The van der Waals surface area contributed by atoms with Gasteiger partial charge in [-0.15, -0.1) is 0 Å². The van der Waals surface area contributed by atoms with Crippen LogP contribution in [-0.2, 0) is 22.0 Å². The lowest BCUT2D eigenvalue weighted by Gasteiger charge is -2.28. The minimum atomic E-state index is -1.45. The van der Waals surface area contributed by atoms with Gasteiger partial charge in [0, 0.05) is 40.5 Å². The van der Waals surface area contributed by atoms with E-state index in [1.807, 2.05) is 35.9 Å². The Morgan fingerprint density at radius 3 is 2.55 bits per heavy atom. The van der Waals surface area contributed by atoms with Crippen molar-refractivity contribution in [1.29, 1.82) is 0 Å². The number of halogens is 1. The molecule has 0 aliphatic carbocycles. The second-order valence-corrected chi connectivity index (χ2v) is 9.60. The second-order valence-electron chi connectivity index (χ2n) is 9.16. The van der Waals surface area contributed by atoms with E-state index in [1.54, 1.807) is 39.1 Å². The number of nitrogens with zero attached hydrogens (tertiary/aromatic N) is 3. The lowest BCUT2D eigenvalue weighted by Crippen LogP contribution is -2.46. The fraction of sp³-hybridized carbons (Fsp3) is 0.333. The molecule has 0 N–H and O–H groups in total. The van der Waals surface area contributed by atoms with E-state index in [1.165, 1.54) is 6.07 Å². The normalized spacial score (nSPS) is 18.0. The van der Waals surface area contributed by atoms with Crippen LogP contribution in [0, 0.1) is 10.1 Å². The molecular formula is C24H24ClN3O5. The Labute approximate surface area is 195 Å². The zero-order valence-electron chi connectivity index (χ0n) is 18.8. The smallest absolute Gasteiger partial charge is 0.421 e. The Kier molecular flexibility index (Phi) is 5.44. The molecule has 1 aliphatic rings. The Bertz CT molecular complexity index is 1290. The molecule has 172 valence electrons. The van der Waals surface area contributed by atoms with E-state index in [4.69, 9.17) is 16.3 Å². The minimum absolute atomic E-state index is 0.124. The number of nitro groups is 1. The predicted octanol–water partition coefficient (Wildman–Crippen LogP) is 5.07. The van der Waals surface area contributed by atoms with Crippen LogP contribution in [0.15, 0.2) is 48.7 Å². The van der Waals surface area contributed by atoms with Crippen LogP contribution in [0.3, 0.4) is 0 Å². The molecule has 4 rings (SSSR count). The molecule has 0 saturated carbocycles. The first-order valence-electron chi connectivity index (χ1n) is 10.5. The predicted molar refractivity (Wildman–Crippen MR) is 125 cm³/mol. The maximum absolute atomic E-state index is 14.1. The zero-order valence-corrected chi connectivity index (χ0v) is 19.5. The molecule has 2 heterocycles. The maximum Gasteiger partial charge on any atom is 0.421 e. The molecular weight excluding hydrogens is 446 g/mol. The average Bonchev–Trinajstić information content (AvgIpc) is 3.17. The number of carbonyl (C=O) groups is 2. The summed E-state index contributed by atoms with van der Waals surface area (Å²) >= 11 is 6.24. The van der Waals surface area contributed by atoms with Crippen LogP contribution >= 0.6 is 11.6 Å². The molecule has 1 aromatic heterocycles. The largest absolute Gasteiger partial charge is 0.443 e. The van der Waals surface area contributed by atoms with Crippen LogP contribution in [0.1, 0.15) is 38.3 Å². The molecule has 1 aliphatic heterocycles. The molecule has 0 unspecified atom stereocenters. The summed E-state index contributed by atoms with van der Waals surface area (Å²) < 4.78 is 7.39. The highest BCUT2D eigenvalue weighted by Gasteiger charge is 2.56. The van der Waals surface area contributed by atoms with Crippen molar-refractivity contribution in [3.05, 3.63) is 74.9 Å². The molecule has 2 aromatic carbocycles. The molecule has 1 atom stereocenters. The van der Waals surface area contributed by atoms with Gasteiger partial charge in [-0.1, -0.05) is 35.9 Å². The molecule has 0 radical (unpaired) electrons. The van der Waals surface area contributed by atoms with Crippen molar-refractivity contribution in [3.63, 3.8) is 0 Å². The summed E-state index contributed by atoms with van der Waals surface area (Å²) in [6, 6.07) is 12.3. The van der Waals surface area contributed by atoms with Crippen molar-refractivity contribution in [1.82, 2.24) is 4.57 Å². The highest BCUT2D eigenvalue weighted by Crippen LogP contribution is 2.51. The van der Waals surface area contributed by atoms with Crippen LogP contribution in [0.2, 0.25) is 5.02 Å². The molecule has 2 amide bonds. The first-order chi connectivity index (χ1) is 15.5. The van der Waals surface area contributed by atoms with Crippen LogP contribution in [0.25, 0.3) is 10.9 Å². The number of para-hydroxylation sites is 1. The lowest BCUT2D eigenvalue weighted by atomic mass is 9.72. The summed E-state index contributed by atoms with van der Waals surface area (Å²) in [6.45, 7) is 4.65. The molecule has 3 aromatic rings. The third kappa shape index (κ3) is 3.74. The zero-order chi connectivity index (χ0) is 24.1. The molecule has 0 saturated heterocycles. The molecule has 0 spiro atoms. The van der Waals surface area contributed by atoms with Gasteiger partial charge in [0.05, 0.1) is 5.69 Å². The highest BCUT2D eigenvalue weighted by atomic mass is 35.5. The van der Waals surface area contributed by atoms with Crippen LogP contribution < -0.4 is 4.90 Å². The second kappa shape index (κ2) is 7.88. The Morgan fingerprint density at radius 2 is 1.88 bits per heavy atom. The lowest BCUT2D eigenvalue weighted by molar-refractivity contribution is -0.481. The van der Waals surface area contributed by atoms with Gasteiger partial charge in [-0.25, -0.2) is 9.69 Å². The van der Waals surface area contributed by atoms with E-state index < -0.39 is 34.5 Å². The highest BCUT2D eigenvalue weighted by molar-refractivity contribution is 6.32. The number of rotatable bonds is 4. The van der Waals surface area contributed by atoms with Gasteiger partial charge in [0.1, 0.15) is 11.0 Å². The summed E-state index contributed by atoms with van der Waals surface area (Å²) in [5.74, 6) is -0.591. The van der Waals surface area contributed by atoms with E-state index in [0.717, 1.165) is 15.8 Å². The number of ether oxygens (including phenoxy) is 1. The molecule has 33 heavy (non-hydrogen) atoms. The van der Waals surface area contributed by atoms with Gasteiger partial charge in [-0.2, -0.15) is 0 Å². The topological polar surface area (TPSA) is 94.7 Å². The number of hydrogen-bond acceptors (Lipinski definition) is 5. The van der Waals surface area contributed by atoms with Crippen molar-refractivity contribution < 1.29 is 19.2 Å². The minimum Gasteiger partial charge on any atom is -0.443 e. The monoisotopic (exact) mass is 469 g/mol. The summed E-state index contributed by atoms with van der Waals surface area (Å²) in [4.78, 5) is 39.3. The van der Waals surface area contributed by atoms with E-state index >= 15 is 0 Å². The number of aromatic nitrogens is 1. The number of fused-ring (bicyclic) bond motifs is 2. The first-order valence-corrected chi connectivity index (χ1v) is 10.9. The number of aryl methyl sites for hydroxylation is 1. The average molecular weight is 470 g/mol. The summed E-state index contributed by atoms with van der Waals surface area (Å²) in [5.41, 5.74) is -0.0695. The van der Waals surface area contributed by atoms with Gasteiger partial charge in [0.15, 0.2) is 0 Å². The first kappa shape index (κ1) is 22.8. The van der Waals surface area contributed by atoms with Gasteiger partial charge in [-0.05, 0) is 50.1 Å². The van der Waals surface area contributed by atoms with Crippen molar-refractivity contribution in [2.45, 2.75) is 38.2 Å². The SMILES string of the molecule is Cn1cc([C@]2(CC[N+](=O)[O-])C(=O)N(C(=O)OC(C)(C)C)c3cc(Cl)ccc32)c2ccccc21. The van der Waals surface area contributed by atoms with Crippen molar-refractivity contribution in [2.24, 2.45) is 7.05 Å². The van der Waals surface area contributed by atoms with Crippen molar-refractivity contribution >= 4 is 40.2 Å². The van der Waals surface area contributed by atoms with E-state index in [2.05, 4.69) is 0 Å². The van der Waals surface area contributed by atoms with Gasteiger partial charge in [0.25, 0.3) is 5.91 Å². The van der Waals surface area contributed by atoms with E-state index in [9.17, 15) is 19.7 Å². The fourth-order valence-corrected chi connectivity index (χ4v) is 4.70. The number of amides is 2. The van der Waals surface area contributed by atoms with Gasteiger partial charge in [-0.3, -0.25) is 14.9 Å². The Hall–Kier alpha value is -3.39. The fourth-order valence-electron chi connectivity index (χ4n) is 4.53. The Balaban J connectivity index is 2.02. The van der Waals surface area contributed by atoms with Crippen LogP contribution in [-0.4, -0.2) is 33.6 Å². The standard InChI is InChI=1S/C24H24ClN3O5/c1-23(2,3)33-22(30)28-20-13-15(25)9-10-17(20)24(21(28)29,11-12-27(31)32)18-14-26(4)19-8-6-5-7-16(18)19/h5-10,13-14H,11-12H2,1-4H3/t24-/m1/s1. The summed E-state index contributed by atoms with van der Waals surface area (Å²) in [5, 5.41) is 12.5. The Morgan fingerprint density at radius 1 is 1.18 bits per heavy atom. The van der Waals surface area contributed by atoms with Gasteiger partial charge >= 0.3 is 6.09 Å². The van der Waals surface area contributed by atoms with E-state index in [-0.39, 0.29) is 12.1 Å². The number of hydrogen-bond donors (Lipinski definition) is 0. The van der Waals surface area contributed by atoms with E-state index in [0.29, 0.717) is 16.1 Å².